The molecule has 3 rings (SSSR count). The highest BCUT2D eigenvalue weighted by molar-refractivity contribution is 7.99. The molecule has 0 aliphatic carbocycles. The number of benzene rings is 3. The Morgan fingerprint density at radius 1 is 0.955 bits per heavy atom. The van der Waals surface area contributed by atoms with E-state index in [1.165, 1.54) is 4.90 Å². The van der Waals surface area contributed by atoms with Gasteiger partial charge >= 0.3 is 0 Å². The van der Waals surface area contributed by atoms with Crippen LogP contribution in [-0.4, -0.2) is 23.2 Å². The van der Waals surface area contributed by atoms with E-state index in [4.69, 9.17) is 0 Å². The fourth-order valence-electron chi connectivity index (χ4n) is 2.92. The van der Waals surface area contributed by atoms with Crippen molar-refractivity contribution >= 4 is 39.1 Å². The van der Waals surface area contributed by atoms with Gasteiger partial charge in [-0.3, -0.25) is 4.79 Å². The first-order chi connectivity index (χ1) is 10.7. The van der Waals surface area contributed by atoms with Crippen molar-refractivity contribution in [3.8, 4) is 0 Å². The number of Topliss-reactive ketones (excluding diaryl/α,β-unsaturated/α-hetero) is 1. The first-order valence-electron chi connectivity index (χ1n) is 7.37. The van der Waals surface area contributed by atoms with Crippen molar-refractivity contribution in [2.24, 2.45) is 0 Å². The highest BCUT2D eigenvalue weighted by Gasteiger charge is 2.14. The number of carbonyl (C=O) groups excluding carboxylic acids is 1. The molecule has 3 aromatic rings. The van der Waals surface area contributed by atoms with Crippen LogP contribution in [-0.2, 0) is 11.2 Å². The number of aliphatic hydroxyl groups excluding tert-OH is 1. The number of rotatable bonds is 5. The fraction of sp³-hybridized carbons (Fsp3) is 0.211. The minimum atomic E-state index is 0.155. The topological polar surface area (TPSA) is 37.3 Å². The van der Waals surface area contributed by atoms with Crippen LogP contribution in [0.3, 0.4) is 0 Å². The Morgan fingerprint density at radius 2 is 1.45 bits per heavy atom. The number of ketones is 1. The molecule has 0 atom stereocenters. The molecule has 0 radical (unpaired) electrons. The van der Waals surface area contributed by atoms with Gasteiger partial charge in [-0.05, 0) is 34.0 Å². The predicted molar refractivity (Wildman–Crippen MR) is 93.6 cm³/mol. The third-order valence-electron chi connectivity index (χ3n) is 3.76. The van der Waals surface area contributed by atoms with Crippen LogP contribution in [0.2, 0.25) is 0 Å². The SMILES string of the molecule is CC(=O)Cc1c2ccccc2c(SCCO)c2ccccc12. The maximum absolute atomic E-state index is 11.7. The third kappa shape index (κ3) is 2.74. The van der Waals surface area contributed by atoms with E-state index in [1.807, 2.05) is 24.3 Å². The summed E-state index contributed by atoms with van der Waals surface area (Å²) in [5, 5.41) is 13.8. The van der Waals surface area contributed by atoms with Gasteiger partial charge in [-0.25, -0.2) is 0 Å². The van der Waals surface area contributed by atoms with Crippen molar-refractivity contribution in [2.75, 3.05) is 12.4 Å². The standard InChI is InChI=1S/C19H18O2S/c1-13(21)12-18-14-6-2-4-8-16(14)19(22-11-10-20)17-9-5-3-7-15(17)18/h2-9,20H,10-12H2,1H3. The number of thioether (sulfide) groups is 1. The van der Waals surface area contributed by atoms with Gasteiger partial charge in [0.15, 0.2) is 0 Å². The molecule has 0 saturated carbocycles. The number of hydrogen-bond donors (Lipinski definition) is 1. The minimum absolute atomic E-state index is 0.155. The van der Waals surface area contributed by atoms with E-state index in [0.29, 0.717) is 12.2 Å². The van der Waals surface area contributed by atoms with Crippen LogP contribution in [0, 0.1) is 0 Å². The lowest BCUT2D eigenvalue weighted by molar-refractivity contribution is -0.116. The third-order valence-corrected chi connectivity index (χ3v) is 4.87. The zero-order valence-corrected chi connectivity index (χ0v) is 13.3. The lowest BCUT2D eigenvalue weighted by atomic mass is 9.94. The quantitative estimate of drug-likeness (QED) is 0.566. The van der Waals surface area contributed by atoms with Crippen molar-refractivity contribution in [1.29, 1.82) is 0 Å². The lowest BCUT2D eigenvalue weighted by Gasteiger charge is -2.15. The molecule has 3 aromatic carbocycles. The molecule has 0 amide bonds. The van der Waals surface area contributed by atoms with Crippen LogP contribution in [0.5, 0.6) is 0 Å². The summed E-state index contributed by atoms with van der Waals surface area (Å²) in [5.41, 5.74) is 1.10. The average Bonchev–Trinajstić information content (AvgIpc) is 2.54. The van der Waals surface area contributed by atoms with Crippen LogP contribution >= 0.6 is 11.8 Å². The molecular weight excluding hydrogens is 292 g/mol. The zero-order chi connectivity index (χ0) is 15.5. The molecule has 22 heavy (non-hydrogen) atoms. The first kappa shape index (κ1) is 15.1. The normalized spacial score (nSPS) is 11.2. The molecule has 3 heteroatoms. The summed E-state index contributed by atoms with van der Waals surface area (Å²) in [7, 11) is 0. The van der Waals surface area contributed by atoms with E-state index < -0.39 is 0 Å². The van der Waals surface area contributed by atoms with Gasteiger partial charge in [0.2, 0.25) is 0 Å². The molecule has 0 heterocycles. The van der Waals surface area contributed by atoms with E-state index in [1.54, 1.807) is 18.7 Å². The van der Waals surface area contributed by atoms with Gasteiger partial charge in [-0.1, -0.05) is 48.5 Å². The average molecular weight is 310 g/mol. The van der Waals surface area contributed by atoms with Gasteiger partial charge in [0.1, 0.15) is 5.78 Å². The predicted octanol–water partition coefficient (Wildman–Crippen LogP) is 4.21. The molecule has 0 bridgehead atoms. The summed E-state index contributed by atoms with van der Waals surface area (Å²) in [6, 6.07) is 16.5. The molecule has 0 aliphatic heterocycles. The van der Waals surface area contributed by atoms with Gasteiger partial charge in [-0.15, -0.1) is 11.8 Å². The van der Waals surface area contributed by atoms with Crippen molar-refractivity contribution in [2.45, 2.75) is 18.2 Å². The Bertz CT molecular complexity index is 782. The monoisotopic (exact) mass is 310 g/mol. The molecular formula is C19H18O2S. The van der Waals surface area contributed by atoms with Crippen molar-refractivity contribution in [1.82, 2.24) is 0 Å². The second-order valence-corrected chi connectivity index (χ2v) is 6.45. The number of hydrogen-bond acceptors (Lipinski definition) is 3. The summed E-state index contributed by atoms with van der Waals surface area (Å²) < 4.78 is 0. The first-order valence-corrected chi connectivity index (χ1v) is 8.36. The van der Waals surface area contributed by atoms with Crippen LogP contribution in [0.1, 0.15) is 12.5 Å². The van der Waals surface area contributed by atoms with E-state index in [2.05, 4.69) is 24.3 Å². The van der Waals surface area contributed by atoms with Crippen LogP contribution in [0.25, 0.3) is 21.5 Å². The fourth-order valence-corrected chi connectivity index (χ4v) is 3.88. The Hall–Kier alpha value is -1.84. The van der Waals surface area contributed by atoms with E-state index in [0.717, 1.165) is 27.1 Å². The van der Waals surface area contributed by atoms with Gasteiger partial charge in [0.05, 0.1) is 6.61 Å². The smallest absolute Gasteiger partial charge is 0.134 e. The van der Waals surface area contributed by atoms with Crippen LogP contribution < -0.4 is 0 Å². The largest absolute Gasteiger partial charge is 0.396 e. The Kier molecular flexibility index (Phi) is 4.46. The second kappa shape index (κ2) is 6.51. The molecule has 0 aliphatic rings. The molecule has 0 aromatic heterocycles. The second-order valence-electron chi connectivity index (χ2n) is 5.35. The number of aliphatic hydroxyl groups is 1. The Balaban J connectivity index is 2.39. The van der Waals surface area contributed by atoms with Crippen molar-refractivity contribution < 1.29 is 9.90 Å². The summed E-state index contributed by atoms with van der Waals surface area (Å²) in [4.78, 5) is 12.9. The van der Waals surface area contributed by atoms with Crippen LogP contribution in [0.15, 0.2) is 53.4 Å². The highest BCUT2D eigenvalue weighted by atomic mass is 32.2. The highest BCUT2D eigenvalue weighted by Crippen LogP contribution is 2.38. The summed E-state index contributed by atoms with van der Waals surface area (Å²) in [5.74, 6) is 0.839. The van der Waals surface area contributed by atoms with E-state index in [-0.39, 0.29) is 12.4 Å². The van der Waals surface area contributed by atoms with Gasteiger partial charge in [-0.2, -0.15) is 0 Å². The minimum Gasteiger partial charge on any atom is -0.396 e. The van der Waals surface area contributed by atoms with Crippen molar-refractivity contribution in [3.63, 3.8) is 0 Å². The Labute approximate surface area is 134 Å². The van der Waals surface area contributed by atoms with Gasteiger partial charge in [0, 0.05) is 17.1 Å². The van der Waals surface area contributed by atoms with Gasteiger partial charge < -0.3 is 5.11 Å². The van der Waals surface area contributed by atoms with E-state index in [9.17, 15) is 9.90 Å². The summed E-state index contributed by atoms with van der Waals surface area (Å²) >= 11 is 1.67. The van der Waals surface area contributed by atoms with Gasteiger partial charge in [0.25, 0.3) is 0 Å². The van der Waals surface area contributed by atoms with E-state index >= 15 is 0 Å². The maximum atomic E-state index is 11.7. The molecule has 2 nitrogen and oxygen atoms in total. The molecule has 0 fully saturated rings. The molecule has 0 saturated heterocycles. The molecule has 112 valence electrons. The zero-order valence-electron chi connectivity index (χ0n) is 12.5. The number of fused-ring (bicyclic) bond motifs is 2. The van der Waals surface area contributed by atoms with Crippen molar-refractivity contribution in [3.05, 3.63) is 54.1 Å². The lowest BCUT2D eigenvalue weighted by Crippen LogP contribution is -2.00. The van der Waals surface area contributed by atoms with Crippen LogP contribution in [0.4, 0.5) is 0 Å². The molecule has 0 spiro atoms. The summed E-state index contributed by atoms with van der Waals surface area (Å²) in [6.45, 7) is 1.79. The summed E-state index contributed by atoms with van der Waals surface area (Å²) in [6.07, 6.45) is 0.450. The maximum Gasteiger partial charge on any atom is 0.134 e. The molecule has 0 unspecified atom stereocenters. The molecule has 1 N–H and O–H groups in total. The number of carbonyl (C=O) groups is 1. The Morgan fingerprint density at radius 3 is 1.91 bits per heavy atom.